The molecule has 6 heteroatoms. The molecule has 2 rings (SSSR count). The van der Waals surface area contributed by atoms with Crippen LogP contribution in [0, 0.1) is 17.3 Å². The predicted molar refractivity (Wildman–Crippen MR) is 45.2 cm³/mol. The maximum atomic E-state index is 10.9. The minimum Gasteiger partial charge on any atom is -1.00 e. The van der Waals surface area contributed by atoms with E-state index >= 15 is 0 Å². The first kappa shape index (κ1) is 11.9. The van der Waals surface area contributed by atoms with Crippen molar-refractivity contribution < 1.29 is 44.0 Å². The number of hydrogen-bond donors (Lipinski definition) is 2. The first-order chi connectivity index (χ1) is 5.35. The van der Waals surface area contributed by atoms with E-state index in [0.29, 0.717) is 12.5 Å². The predicted octanol–water partition coefficient (Wildman–Crippen LogP) is -2.81. The van der Waals surface area contributed by atoms with Gasteiger partial charge >= 0.3 is 29.6 Å². The van der Waals surface area contributed by atoms with Crippen LogP contribution in [-0.2, 0) is 10.1 Å². The van der Waals surface area contributed by atoms with Crippen LogP contribution in [0.3, 0.4) is 0 Å². The second-order valence-corrected chi connectivity index (χ2v) is 5.84. The van der Waals surface area contributed by atoms with Gasteiger partial charge in [-0.15, -0.1) is 0 Å². The van der Waals surface area contributed by atoms with E-state index in [9.17, 15) is 8.42 Å². The van der Waals surface area contributed by atoms with Crippen molar-refractivity contribution in [2.45, 2.75) is 19.2 Å². The van der Waals surface area contributed by atoms with E-state index in [-0.39, 0.29) is 42.3 Å². The van der Waals surface area contributed by atoms with Crippen LogP contribution < -0.4 is 34.9 Å². The van der Waals surface area contributed by atoms with Gasteiger partial charge in [-0.2, -0.15) is 8.42 Å². The van der Waals surface area contributed by atoms with Crippen LogP contribution in [0.2, 0.25) is 0 Å². The van der Waals surface area contributed by atoms with Gasteiger partial charge in [0.05, 0.1) is 0 Å². The molecule has 13 heavy (non-hydrogen) atoms. The molecule has 72 valence electrons. The Labute approximate surface area is 102 Å². The Morgan fingerprint density at radius 1 is 1.54 bits per heavy atom. The summed E-state index contributed by atoms with van der Waals surface area (Å²) in [4.78, 5) is 0. The summed E-state index contributed by atoms with van der Waals surface area (Å²) in [6.07, 6.45) is 0. The van der Waals surface area contributed by atoms with Crippen molar-refractivity contribution in [2.75, 3.05) is 6.54 Å². The van der Waals surface area contributed by atoms with Gasteiger partial charge in [-0.05, 0) is 11.3 Å². The fourth-order valence-electron chi connectivity index (χ4n) is 2.44. The Morgan fingerprint density at radius 3 is 2.31 bits per heavy atom. The minimum absolute atomic E-state index is 0. The van der Waals surface area contributed by atoms with Crippen LogP contribution in [-0.4, -0.2) is 24.9 Å². The zero-order chi connectivity index (χ0) is 9.15. The third-order valence-electron chi connectivity index (χ3n) is 3.33. The zero-order valence-electron chi connectivity index (χ0n) is 9.11. The van der Waals surface area contributed by atoms with E-state index in [0.717, 1.165) is 0 Å². The smallest absolute Gasteiger partial charge is 1.00 e. The Morgan fingerprint density at radius 2 is 2.08 bits per heavy atom. The molecule has 1 aliphatic heterocycles. The first-order valence-corrected chi connectivity index (χ1v) is 5.55. The molecule has 0 aromatic heterocycles. The van der Waals surface area contributed by atoms with Crippen LogP contribution in [0.4, 0.5) is 0 Å². The molecular weight excluding hydrogens is 201 g/mol. The van der Waals surface area contributed by atoms with Crippen molar-refractivity contribution in [1.82, 2.24) is 5.32 Å². The van der Waals surface area contributed by atoms with E-state index in [1.54, 1.807) is 0 Å². The van der Waals surface area contributed by atoms with Crippen molar-refractivity contribution in [3.63, 3.8) is 0 Å². The molecule has 0 radical (unpaired) electrons. The molecule has 0 bridgehead atoms. The Bertz CT molecular complexity index is 319. The molecular formula is C7H14NNaO3S. The number of rotatable bonds is 1. The SMILES string of the molecule is CC1(C)C2CNC(S(=O)(=O)O)C21.[H-].[Na+]. The number of fused-ring (bicyclic) bond motifs is 1. The molecule has 0 aromatic rings. The van der Waals surface area contributed by atoms with E-state index < -0.39 is 15.5 Å². The second kappa shape index (κ2) is 3.18. The summed E-state index contributed by atoms with van der Waals surface area (Å²) in [5, 5.41) is 2.09. The fourth-order valence-corrected chi connectivity index (χ4v) is 3.66. The van der Waals surface area contributed by atoms with Gasteiger partial charge in [0.15, 0.2) is 0 Å². The third kappa shape index (κ3) is 1.70. The average Bonchev–Trinajstić information content (AvgIpc) is 2.34. The summed E-state index contributed by atoms with van der Waals surface area (Å²) >= 11 is 0. The summed E-state index contributed by atoms with van der Waals surface area (Å²) in [6.45, 7) is 4.80. The summed E-state index contributed by atoms with van der Waals surface area (Å²) in [7, 11) is -3.89. The topological polar surface area (TPSA) is 66.4 Å². The molecule has 1 heterocycles. The molecule has 2 fully saturated rings. The summed E-state index contributed by atoms with van der Waals surface area (Å²) < 4.78 is 30.6. The van der Waals surface area contributed by atoms with Crippen LogP contribution in [0.5, 0.6) is 0 Å². The molecule has 1 aliphatic carbocycles. The van der Waals surface area contributed by atoms with Gasteiger partial charge in [-0.1, -0.05) is 13.8 Å². The van der Waals surface area contributed by atoms with Gasteiger partial charge in [0.25, 0.3) is 10.1 Å². The monoisotopic (exact) mass is 215 g/mol. The van der Waals surface area contributed by atoms with Gasteiger partial charge in [-0.3, -0.25) is 9.87 Å². The molecule has 1 saturated heterocycles. The molecule has 4 nitrogen and oxygen atoms in total. The van der Waals surface area contributed by atoms with Crippen LogP contribution in [0.25, 0.3) is 0 Å². The van der Waals surface area contributed by atoms with E-state index in [1.807, 2.05) is 13.8 Å². The first-order valence-electron chi connectivity index (χ1n) is 4.05. The number of piperidine rings is 1. The van der Waals surface area contributed by atoms with Gasteiger partial charge in [0, 0.05) is 12.5 Å². The Hall–Kier alpha value is 0.870. The largest absolute Gasteiger partial charge is 1.00 e. The van der Waals surface area contributed by atoms with Gasteiger partial charge in [0.2, 0.25) is 0 Å². The Balaban J connectivity index is 0.000000845. The third-order valence-corrected chi connectivity index (χ3v) is 4.43. The molecule has 2 aliphatic rings. The molecule has 2 N–H and O–H groups in total. The molecule has 0 spiro atoms. The summed E-state index contributed by atoms with van der Waals surface area (Å²) in [6, 6.07) is 0. The van der Waals surface area contributed by atoms with Crippen molar-refractivity contribution in [3.8, 4) is 0 Å². The van der Waals surface area contributed by atoms with Crippen molar-refractivity contribution in [3.05, 3.63) is 0 Å². The second-order valence-electron chi connectivity index (χ2n) is 4.30. The maximum absolute atomic E-state index is 10.9. The maximum Gasteiger partial charge on any atom is 1.00 e. The van der Waals surface area contributed by atoms with Crippen molar-refractivity contribution >= 4 is 10.1 Å². The quantitative estimate of drug-likeness (QED) is 0.366. The fraction of sp³-hybridized carbons (Fsp3) is 1.00. The standard InChI is InChI=1S/C7H13NO3S.Na.H/c1-7(2)4-3-8-6(5(4)7)12(9,10)11;;/h4-6,8H,3H2,1-2H3,(H,9,10,11);;/q;+1;-1. The van der Waals surface area contributed by atoms with Crippen LogP contribution in [0.15, 0.2) is 0 Å². The molecule has 0 amide bonds. The number of nitrogens with one attached hydrogen (secondary N) is 1. The van der Waals surface area contributed by atoms with Crippen LogP contribution >= 0.6 is 0 Å². The zero-order valence-corrected chi connectivity index (χ0v) is 10.9. The van der Waals surface area contributed by atoms with Crippen molar-refractivity contribution in [1.29, 1.82) is 0 Å². The van der Waals surface area contributed by atoms with Crippen molar-refractivity contribution in [2.24, 2.45) is 17.3 Å². The molecule has 3 unspecified atom stereocenters. The number of hydrogen-bond acceptors (Lipinski definition) is 3. The average molecular weight is 215 g/mol. The minimum atomic E-state index is -3.89. The van der Waals surface area contributed by atoms with Gasteiger partial charge in [-0.25, -0.2) is 0 Å². The molecule has 3 atom stereocenters. The van der Waals surface area contributed by atoms with E-state index in [1.165, 1.54) is 0 Å². The molecule has 1 saturated carbocycles. The van der Waals surface area contributed by atoms with E-state index in [4.69, 9.17) is 4.55 Å². The Kier molecular flexibility index (Phi) is 2.92. The van der Waals surface area contributed by atoms with Gasteiger partial charge in [0.1, 0.15) is 5.37 Å². The van der Waals surface area contributed by atoms with Crippen LogP contribution in [0.1, 0.15) is 15.3 Å². The summed E-state index contributed by atoms with van der Waals surface area (Å²) in [5.41, 5.74) is 0.0890. The molecule has 0 aromatic carbocycles. The van der Waals surface area contributed by atoms with E-state index in [2.05, 4.69) is 5.32 Å². The normalized spacial score (nSPS) is 40.7. The van der Waals surface area contributed by atoms with Gasteiger partial charge < -0.3 is 1.43 Å². The summed E-state index contributed by atoms with van der Waals surface area (Å²) in [5.74, 6) is 0.525.